The van der Waals surface area contributed by atoms with Crippen molar-refractivity contribution in [2.45, 2.75) is 20.3 Å². The fourth-order valence-electron chi connectivity index (χ4n) is 1.68. The minimum absolute atomic E-state index is 0.313. The van der Waals surface area contributed by atoms with E-state index in [2.05, 4.69) is 22.2 Å². The number of aromatic nitrogens is 2. The molecular weight excluding hydrogens is 220 g/mol. The first-order valence-electron chi connectivity index (χ1n) is 5.45. The first-order chi connectivity index (χ1) is 7.56. The summed E-state index contributed by atoms with van der Waals surface area (Å²) in [6.07, 6.45) is 1.29. The van der Waals surface area contributed by atoms with Crippen LogP contribution in [0.25, 0.3) is 0 Å². The van der Waals surface area contributed by atoms with Crippen LogP contribution in [0.15, 0.2) is 6.07 Å². The predicted octanol–water partition coefficient (Wildman–Crippen LogP) is 1.49. The Labute approximate surface area is 101 Å². The summed E-state index contributed by atoms with van der Waals surface area (Å²) in [7, 11) is 0. The zero-order chi connectivity index (χ0) is 11.7. The first-order valence-corrected chi connectivity index (χ1v) is 5.86. The maximum Gasteiger partial charge on any atom is 0.223 e. The number of aryl methyl sites for hydroxylation is 1. The van der Waals surface area contributed by atoms with Gasteiger partial charge >= 0.3 is 0 Å². The molecule has 16 heavy (non-hydrogen) atoms. The molecule has 1 heterocycles. The fraction of sp³-hybridized carbons (Fsp3) is 0.545. The molecule has 0 amide bonds. The number of nitrogens with two attached hydrogens (primary N) is 1. The molecule has 0 aliphatic heterocycles. The summed E-state index contributed by atoms with van der Waals surface area (Å²) in [5, 5.41) is 3.24. The van der Waals surface area contributed by atoms with Gasteiger partial charge in [0.25, 0.3) is 0 Å². The van der Waals surface area contributed by atoms with Gasteiger partial charge in [0.1, 0.15) is 10.7 Å². The van der Waals surface area contributed by atoms with Crippen molar-refractivity contribution in [3.63, 3.8) is 0 Å². The maximum atomic E-state index is 5.56. The van der Waals surface area contributed by atoms with Gasteiger partial charge in [-0.3, -0.25) is 0 Å². The third-order valence-electron chi connectivity index (χ3n) is 2.91. The highest BCUT2D eigenvalue weighted by atomic mass is 32.1. The minimum Gasteiger partial charge on any atom is -0.388 e. The van der Waals surface area contributed by atoms with E-state index in [0.717, 1.165) is 24.1 Å². The molecule has 3 N–H and O–H groups in total. The molecule has 4 nitrogen and oxygen atoms in total. The van der Waals surface area contributed by atoms with Crippen LogP contribution in [0.1, 0.15) is 24.7 Å². The summed E-state index contributed by atoms with van der Waals surface area (Å²) in [5.74, 6) is 2.21. The molecule has 1 aromatic heterocycles. The number of rotatable bonds is 4. The summed E-state index contributed by atoms with van der Waals surface area (Å²) in [6, 6.07) is 1.80. The topological polar surface area (TPSA) is 63.8 Å². The van der Waals surface area contributed by atoms with Gasteiger partial charge in [-0.25, -0.2) is 9.97 Å². The Balaban J connectivity index is 2.05. The van der Waals surface area contributed by atoms with E-state index in [4.69, 9.17) is 18.0 Å². The molecular formula is C11H16N4S. The Bertz CT molecular complexity index is 418. The molecule has 5 heteroatoms. The van der Waals surface area contributed by atoms with E-state index >= 15 is 0 Å². The molecule has 1 saturated carbocycles. The van der Waals surface area contributed by atoms with Crippen LogP contribution >= 0.6 is 12.2 Å². The second-order valence-electron chi connectivity index (χ2n) is 4.44. The van der Waals surface area contributed by atoms with E-state index in [0.29, 0.717) is 16.6 Å². The van der Waals surface area contributed by atoms with Gasteiger partial charge in [0.05, 0.1) is 0 Å². The van der Waals surface area contributed by atoms with Gasteiger partial charge in [-0.05, 0) is 31.2 Å². The average Bonchev–Trinajstić information content (AvgIpc) is 2.91. The number of hydrogen-bond donors (Lipinski definition) is 2. The molecule has 0 spiro atoms. The number of hydrogen-bond acceptors (Lipinski definition) is 4. The van der Waals surface area contributed by atoms with Gasteiger partial charge < -0.3 is 11.1 Å². The SMILES string of the molecule is Cc1cc(C(N)=S)nc(NCC2CC2C)n1. The van der Waals surface area contributed by atoms with E-state index in [-0.39, 0.29) is 0 Å². The molecule has 2 unspecified atom stereocenters. The van der Waals surface area contributed by atoms with Crippen LogP contribution in [-0.2, 0) is 0 Å². The Morgan fingerprint density at radius 1 is 1.62 bits per heavy atom. The van der Waals surface area contributed by atoms with Gasteiger partial charge in [0.2, 0.25) is 5.95 Å². The Morgan fingerprint density at radius 3 is 2.88 bits per heavy atom. The van der Waals surface area contributed by atoms with Gasteiger partial charge in [0.15, 0.2) is 0 Å². The molecule has 86 valence electrons. The second-order valence-corrected chi connectivity index (χ2v) is 4.88. The molecule has 0 aromatic carbocycles. The van der Waals surface area contributed by atoms with E-state index in [1.807, 2.05) is 6.92 Å². The Hall–Kier alpha value is -1.23. The molecule has 1 aliphatic rings. The van der Waals surface area contributed by atoms with E-state index in [1.165, 1.54) is 6.42 Å². The minimum atomic E-state index is 0.313. The molecule has 2 rings (SSSR count). The normalized spacial score (nSPS) is 22.9. The van der Waals surface area contributed by atoms with Crippen LogP contribution in [0.5, 0.6) is 0 Å². The molecule has 0 bridgehead atoms. The Kier molecular flexibility index (Phi) is 3.05. The van der Waals surface area contributed by atoms with E-state index < -0.39 is 0 Å². The van der Waals surface area contributed by atoms with Crippen molar-refractivity contribution in [1.82, 2.24) is 9.97 Å². The third-order valence-corrected chi connectivity index (χ3v) is 3.11. The van der Waals surface area contributed by atoms with E-state index in [9.17, 15) is 0 Å². The van der Waals surface area contributed by atoms with Crippen LogP contribution in [0.2, 0.25) is 0 Å². The molecule has 0 saturated heterocycles. The van der Waals surface area contributed by atoms with Crippen molar-refractivity contribution in [3.05, 3.63) is 17.5 Å². The van der Waals surface area contributed by atoms with E-state index in [1.54, 1.807) is 6.07 Å². The van der Waals surface area contributed by atoms with Gasteiger partial charge in [-0.15, -0.1) is 0 Å². The highest BCUT2D eigenvalue weighted by Crippen LogP contribution is 2.37. The molecule has 2 atom stereocenters. The lowest BCUT2D eigenvalue weighted by Crippen LogP contribution is -2.15. The van der Waals surface area contributed by atoms with Crippen molar-refractivity contribution in [1.29, 1.82) is 0 Å². The maximum absolute atomic E-state index is 5.56. The highest BCUT2D eigenvalue weighted by Gasteiger charge is 2.32. The summed E-state index contributed by atoms with van der Waals surface area (Å²) < 4.78 is 0. The molecule has 1 aromatic rings. The summed E-state index contributed by atoms with van der Waals surface area (Å²) in [6.45, 7) is 5.10. The standard InChI is InChI=1S/C11H16N4S/c1-6-3-8(6)5-13-11-14-7(2)4-9(15-11)10(12)16/h4,6,8H,3,5H2,1-2H3,(H2,12,16)(H,13,14,15). The first kappa shape index (κ1) is 11.3. The Morgan fingerprint density at radius 2 is 2.31 bits per heavy atom. The molecule has 1 fully saturated rings. The van der Waals surface area contributed by atoms with Gasteiger partial charge in [-0.1, -0.05) is 19.1 Å². The zero-order valence-electron chi connectivity index (χ0n) is 9.53. The van der Waals surface area contributed by atoms with Crippen LogP contribution in [0.3, 0.4) is 0 Å². The van der Waals surface area contributed by atoms with Crippen molar-refractivity contribution in [3.8, 4) is 0 Å². The number of nitrogens with zero attached hydrogens (tertiary/aromatic N) is 2. The summed E-state index contributed by atoms with van der Waals surface area (Å²) >= 11 is 4.91. The lowest BCUT2D eigenvalue weighted by Gasteiger charge is -2.06. The molecule has 1 aliphatic carbocycles. The van der Waals surface area contributed by atoms with Crippen LogP contribution < -0.4 is 11.1 Å². The van der Waals surface area contributed by atoms with Crippen molar-refractivity contribution >= 4 is 23.2 Å². The summed E-state index contributed by atoms with van der Waals surface area (Å²) in [4.78, 5) is 8.89. The van der Waals surface area contributed by atoms with Crippen molar-refractivity contribution in [2.75, 3.05) is 11.9 Å². The number of nitrogens with one attached hydrogen (secondary N) is 1. The van der Waals surface area contributed by atoms with Crippen LogP contribution in [0, 0.1) is 18.8 Å². The van der Waals surface area contributed by atoms with Crippen LogP contribution in [-0.4, -0.2) is 21.5 Å². The van der Waals surface area contributed by atoms with Crippen LogP contribution in [0.4, 0.5) is 5.95 Å². The zero-order valence-corrected chi connectivity index (χ0v) is 10.3. The number of anilines is 1. The fourth-order valence-corrected chi connectivity index (χ4v) is 1.78. The smallest absolute Gasteiger partial charge is 0.223 e. The van der Waals surface area contributed by atoms with Crippen molar-refractivity contribution < 1.29 is 0 Å². The lowest BCUT2D eigenvalue weighted by atomic mass is 10.3. The second kappa shape index (κ2) is 4.33. The van der Waals surface area contributed by atoms with Gasteiger partial charge in [0, 0.05) is 12.2 Å². The third kappa shape index (κ3) is 2.66. The molecule has 0 radical (unpaired) electrons. The largest absolute Gasteiger partial charge is 0.388 e. The lowest BCUT2D eigenvalue weighted by molar-refractivity contribution is 0.780. The average molecular weight is 236 g/mol. The number of thiocarbonyl (C=S) groups is 1. The monoisotopic (exact) mass is 236 g/mol. The quantitative estimate of drug-likeness (QED) is 0.775. The van der Waals surface area contributed by atoms with Gasteiger partial charge in [-0.2, -0.15) is 0 Å². The van der Waals surface area contributed by atoms with Crippen molar-refractivity contribution in [2.24, 2.45) is 17.6 Å². The summed E-state index contributed by atoms with van der Waals surface area (Å²) in [5.41, 5.74) is 7.07. The predicted molar refractivity (Wildman–Crippen MR) is 68.4 cm³/mol. The highest BCUT2D eigenvalue weighted by molar-refractivity contribution is 7.80.